The number of carbonyl (C=O) groups is 1. The fraction of sp³-hybridized carbons (Fsp3) is 0.450. The van der Waals surface area contributed by atoms with Gasteiger partial charge in [0.2, 0.25) is 5.91 Å². The molecule has 1 amide bonds. The van der Waals surface area contributed by atoms with E-state index >= 15 is 0 Å². The van der Waals surface area contributed by atoms with E-state index in [0.717, 1.165) is 32.4 Å². The van der Waals surface area contributed by atoms with Gasteiger partial charge in [-0.25, -0.2) is 0 Å². The van der Waals surface area contributed by atoms with Gasteiger partial charge in [0.05, 0.1) is 6.04 Å². The van der Waals surface area contributed by atoms with Gasteiger partial charge >= 0.3 is 0 Å². The third-order valence-corrected chi connectivity index (χ3v) is 6.01. The van der Waals surface area contributed by atoms with Crippen molar-refractivity contribution in [2.45, 2.75) is 38.1 Å². The largest absolute Gasteiger partial charge is 0.508 e. The third kappa shape index (κ3) is 4.83. The van der Waals surface area contributed by atoms with Crippen molar-refractivity contribution in [3.05, 3.63) is 52.2 Å². The summed E-state index contributed by atoms with van der Waals surface area (Å²) < 4.78 is 0. The molecular weight excluding hydrogens is 332 g/mol. The van der Waals surface area contributed by atoms with E-state index in [9.17, 15) is 9.90 Å². The number of piperidine rings is 1. The molecule has 3 rings (SSSR count). The number of nitrogens with one attached hydrogen (secondary N) is 1. The normalized spacial score (nSPS) is 17.3. The van der Waals surface area contributed by atoms with Crippen molar-refractivity contribution in [1.82, 2.24) is 10.2 Å². The fourth-order valence-electron chi connectivity index (χ4n) is 3.44. The number of thiophene rings is 1. The van der Waals surface area contributed by atoms with Gasteiger partial charge in [-0.2, -0.15) is 0 Å². The summed E-state index contributed by atoms with van der Waals surface area (Å²) in [4.78, 5) is 16.0. The summed E-state index contributed by atoms with van der Waals surface area (Å²) in [6.45, 7) is 4.57. The molecule has 1 atom stereocenters. The van der Waals surface area contributed by atoms with Gasteiger partial charge in [0, 0.05) is 11.4 Å². The van der Waals surface area contributed by atoms with Gasteiger partial charge in [-0.15, -0.1) is 11.3 Å². The Labute approximate surface area is 153 Å². The lowest BCUT2D eigenvalue weighted by Crippen LogP contribution is -2.48. The molecule has 0 radical (unpaired) electrons. The van der Waals surface area contributed by atoms with Gasteiger partial charge in [-0.1, -0.05) is 18.2 Å². The van der Waals surface area contributed by atoms with Crippen molar-refractivity contribution in [3.8, 4) is 5.75 Å². The second-order valence-electron chi connectivity index (χ2n) is 6.70. The van der Waals surface area contributed by atoms with E-state index in [-0.39, 0.29) is 11.9 Å². The summed E-state index contributed by atoms with van der Waals surface area (Å²) in [5, 5.41) is 14.5. The molecule has 2 aromatic rings. The van der Waals surface area contributed by atoms with Crippen molar-refractivity contribution in [2.24, 2.45) is 0 Å². The van der Waals surface area contributed by atoms with Crippen LogP contribution in [0.1, 0.15) is 36.1 Å². The highest BCUT2D eigenvalue weighted by molar-refractivity contribution is 7.09. The lowest BCUT2D eigenvalue weighted by Gasteiger charge is -2.35. The first kappa shape index (κ1) is 18.0. The van der Waals surface area contributed by atoms with Crippen molar-refractivity contribution in [3.63, 3.8) is 0 Å². The van der Waals surface area contributed by atoms with Gasteiger partial charge < -0.3 is 10.4 Å². The molecule has 1 unspecified atom stereocenters. The van der Waals surface area contributed by atoms with Crippen LogP contribution in [0.2, 0.25) is 0 Å². The van der Waals surface area contributed by atoms with Crippen molar-refractivity contribution in [2.75, 3.05) is 19.6 Å². The summed E-state index contributed by atoms with van der Waals surface area (Å²) in [7, 11) is 0. The second kappa shape index (κ2) is 8.50. The molecule has 1 aliphatic rings. The average molecular weight is 359 g/mol. The number of hydrogen-bond acceptors (Lipinski definition) is 4. The molecule has 0 bridgehead atoms. The quantitative estimate of drug-likeness (QED) is 0.832. The van der Waals surface area contributed by atoms with E-state index in [1.165, 1.54) is 10.4 Å². The van der Waals surface area contributed by atoms with E-state index < -0.39 is 0 Å². The molecule has 2 N–H and O–H groups in total. The van der Waals surface area contributed by atoms with Crippen molar-refractivity contribution >= 4 is 17.2 Å². The van der Waals surface area contributed by atoms with Gasteiger partial charge in [0.1, 0.15) is 5.75 Å². The average Bonchev–Trinajstić information content (AvgIpc) is 3.15. The Morgan fingerprint density at radius 1 is 1.28 bits per heavy atom. The van der Waals surface area contributed by atoms with Gasteiger partial charge in [-0.3, -0.25) is 9.69 Å². The number of amides is 1. The van der Waals surface area contributed by atoms with Crippen LogP contribution in [0.15, 0.2) is 41.8 Å². The van der Waals surface area contributed by atoms with E-state index in [0.29, 0.717) is 18.2 Å². The third-order valence-electron chi connectivity index (χ3n) is 5.07. The molecule has 5 heteroatoms. The minimum absolute atomic E-state index is 0.0795. The highest BCUT2D eigenvalue weighted by Gasteiger charge is 2.27. The molecule has 1 saturated heterocycles. The Hall–Kier alpha value is -1.85. The zero-order valence-corrected chi connectivity index (χ0v) is 15.5. The standard InChI is InChI=1S/C20H26N2O2S/c1-15(20(24)21-11-8-19-3-2-14-25-19)22-12-9-17(10-13-22)16-4-6-18(23)7-5-16/h2-7,14-15,17,23H,8-13H2,1H3,(H,21,24). The number of phenols is 1. The number of likely N-dealkylation sites (tertiary alicyclic amines) is 1. The molecule has 25 heavy (non-hydrogen) atoms. The van der Waals surface area contributed by atoms with Crippen LogP contribution < -0.4 is 5.32 Å². The van der Waals surface area contributed by atoms with Crippen LogP contribution in [0.25, 0.3) is 0 Å². The van der Waals surface area contributed by atoms with Crippen LogP contribution in [0.5, 0.6) is 5.75 Å². The zero-order valence-electron chi connectivity index (χ0n) is 14.6. The number of phenolic OH excluding ortho intramolecular Hbond substituents is 1. The van der Waals surface area contributed by atoms with Crippen LogP contribution in [0, 0.1) is 0 Å². The number of rotatable bonds is 6. The minimum atomic E-state index is -0.0795. The molecule has 0 spiro atoms. The molecule has 4 nitrogen and oxygen atoms in total. The highest BCUT2D eigenvalue weighted by Crippen LogP contribution is 2.29. The molecule has 0 aliphatic carbocycles. The van der Waals surface area contributed by atoms with E-state index in [1.807, 2.05) is 25.1 Å². The monoisotopic (exact) mass is 358 g/mol. The Balaban J connectivity index is 1.43. The predicted molar refractivity (Wildman–Crippen MR) is 102 cm³/mol. The highest BCUT2D eigenvalue weighted by atomic mass is 32.1. The van der Waals surface area contributed by atoms with Crippen LogP contribution in [0.3, 0.4) is 0 Å². The van der Waals surface area contributed by atoms with Gasteiger partial charge in [-0.05, 0) is 74.3 Å². The first-order valence-electron chi connectivity index (χ1n) is 8.96. The summed E-state index contributed by atoms with van der Waals surface area (Å²) in [6, 6.07) is 11.6. The van der Waals surface area contributed by atoms with Crippen LogP contribution >= 0.6 is 11.3 Å². The number of aromatic hydroxyl groups is 1. The number of nitrogens with zero attached hydrogens (tertiary/aromatic N) is 1. The van der Waals surface area contributed by atoms with Crippen molar-refractivity contribution in [1.29, 1.82) is 0 Å². The maximum absolute atomic E-state index is 12.4. The smallest absolute Gasteiger partial charge is 0.237 e. The molecule has 1 aromatic carbocycles. The van der Waals surface area contributed by atoms with E-state index in [2.05, 4.69) is 21.7 Å². The zero-order chi connectivity index (χ0) is 17.6. The Kier molecular flexibility index (Phi) is 6.10. The molecule has 1 aromatic heterocycles. The fourth-order valence-corrected chi connectivity index (χ4v) is 4.15. The molecule has 1 fully saturated rings. The number of hydrogen-bond donors (Lipinski definition) is 2. The Bertz CT molecular complexity index is 662. The first-order chi connectivity index (χ1) is 12.1. The lowest BCUT2D eigenvalue weighted by molar-refractivity contribution is -0.126. The first-order valence-corrected chi connectivity index (χ1v) is 9.84. The van der Waals surface area contributed by atoms with Crippen LogP contribution in [-0.4, -0.2) is 41.6 Å². The van der Waals surface area contributed by atoms with E-state index in [1.54, 1.807) is 23.5 Å². The molecule has 1 aliphatic heterocycles. The SMILES string of the molecule is CC(C(=O)NCCc1cccs1)N1CCC(c2ccc(O)cc2)CC1. The van der Waals surface area contributed by atoms with E-state index in [4.69, 9.17) is 0 Å². The lowest BCUT2D eigenvalue weighted by atomic mass is 9.89. The molecule has 2 heterocycles. The second-order valence-corrected chi connectivity index (χ2v) is 7.73. The van der Waals surface area contributed by atoms with Crippen molar-refractivity contribution < 1.29 is 9.90 Å². The van der Waals surface area contributed by atoms with Crippen LogP contribution in [0.4, 0.5) is 0 Å². The van der Waals surface area contributed by atoms with Crippen LogP contribution in [-0.2, 0) is 11.2 Å². The van der Waals surface area contributed by atoms with Gasteiger partial charge in [0.25, 0.3) is 0 Å². The molecule has 0 saturated carbocycles. The predicted octanol–water partition coefficient (Wildman–Crippen LogP) is 3.38. The summed E-state index contributed by atoms with van der Waals surface area (Å²) in [5.74, 6) is 0.958. The molecular formula is C20H26N2O2S. The summed E-state index contributed by atoms with van der Waals surface area (Å²) in [6.07, 6.45) is 3.01. The maximum atomic E-state index is 12.4. The molecule has 134 valence electrons. The number of carbonyl (C=O) groups excluding carboxylic acids is 1. The van der Waals surface area contributed by atoms with Gasteiger partial charge in [0.15, 0.2) is 0 Å². The summed E-state index contributed by atoms with van der Waals surface area (Å²) in [5.41, 5.74) is 1.28. The maximum Gasteiger partial charge on any atom is 0.237 e. The Morgan fingerprint density at radius 3 is 2.64 bits per heavy atom. The summed E-state index contributed by atoms with van der Waals surface area (Å²) >= 11 is 1.73. The Morgan fingerprint density at radius 2 is 2.00 bits per heavy atom. The topological polar surface area (TPSA) is 52.6 Å². The number of benzene rings is 1. The minimum Gasteiger partial charge on any atom is -0.508 e.